The van der Waals surface area contributed by atoms with Crippen LogP contribution in [0.5, 0.6) is 0 Å². The predicted octanol–water partition coefficient (Wildman–Crippen LogP) is 8.34. The lowest BCUT2D eigenvalue weighted by atomic mass is 10.1. The highest BCUT2D eigenvalue weighted by Gasteiger charge is 2.23. The van der Waals surface area contributed by atoms with Crippen LogP contribution in [0.2, 0.25) is 0 Å². The molecule has 0 spiro atoms. The van der Waals surface area contributed by atoms with Gasteiger partial charge in [0, 0.05) is 50.4 Å². The van der Waals surface area contributed by atoms with Crippen LogP contribution in [-0.4, -0.2) is 131 Å². The lowest BCUT2D eigenvalue weighted by Gasteiger charge is -2.21. The first-order valence-electron chi connectivity index (χ1n) is 23.5. The van der Waals surface area contributed by atoms with Crippen LogP contribution in [0.25, 0.3) is 0 Å². The van der Waals surface area contributed by atoms with Crippen molar-refractivity contribution in [2.24, 2.45) is 0 Å². The van der Waals surface area contributed by atoms with Crippen molar-refractivity contribution in [3.05, 3.63) is 0 Å². The van der Waals surface area contributed by atoms with Gasteiger partial charge in [-0.25, -0.2) is 9.59 Å². The quantitative estimate of drug-likeness (QED) is 0.0290. The maximum Gasteiger partial charge on any atom is 0.407 e. The molecule has 0 aromatic carbocycles. The van der Waals surface area contributed by atoms with Crippen molar-refractivity contribution < 1.29 is 52.3 Å². The van der Waals surface area contributed by atoms with E-state index in [0.29, 0.717) is 45.9 Å². The van der Waals surface area contributed by atoms with Crippen LogP contribution in [0.15, 0.2) is 0 Å². The number of thioether (sulfide) groups is 1. The Labute approximate surface area is 373 Å². The first-order chi connectivity index (χ1) is 29.5. The molecule has 1 unspecified atom stereocenters. The van der Waals surface area contributed by atoms with Crippen LogP contribution in [0.1, 0.15) is 156 Å². The number of carbonyl (C=O) groups excluding carboxylic acids is 4. The van der Waals surface area contributed by atoms with Crippen LogP contribution >= 0.6 is 19.1 Å². The van der Waals surface area contributed by atoms with E-state index >= 15 is 0 Å². The third-order valence-electron chi connectivity index (χ3n) is 9.71. The Morgan fingerprint density at radius 3 is 1.59 bits per heavy atom. The summed E-state index contributed by atoms with van der Waals surface area (Å²) in [6, 6.07) is -0.841. The molecule has 0 aliphatic heterocycles. The standard InChI is InChI=1S/C44H87N4O11PS/c1-5-8-11-14-16-18-20-23-26-46-43(51)58-36-39(59-44(52)47-27-24-21-19-17-15-12-9-6-2)37-61-38-40(48-41(49)25-22-13-10-7-3)42(50)45-28-29-55-30-31-56-32-33-57-34-35-60(4,53)54/h39-40H,5-38H2,1-4H3,(H,45,50)(H,46,51)(H,47,52)(H,48,49)(H,53,54)/t39-,40+/m1/s1. The molecule has 5 N–H and O–H groups in total. The second-order valence-electron chi connectivity index (χ2n) is 15.8. The molecule has 4 amide bonds. The summed E-state index contributed by atoms with van der Waals surface area (Å²) in [7, 11) is -3.08. The molecule has 0 saturated carbocycles. The van der Waals surface area contributed by atoms with E-state index in [2.05, 4.69) is 42.0 Å². The van der Waals surface area contributed by atoms with Gasteiger partial charge < -0.3 is 49.8 Å². The molecule has 61 heavy (non-hydrogen) atoms. The van der Waals surface area contributed by atoms with Gasteiger partial charge in [0.05, 0.1) is 39.6 Å². The predicted molar refractivity (Wildman–Crippen MR) is 247 cm³/mol. The largest absolute Gasteiger partial charge is 0.446 e. The summed E-state index contributed by atoms with van der Waals surface area (Å²) in [6.45, 7) is 10.6. The zero-order valence-electron chi connectivity index (χ0n) is 38.6. The number of hydrogen-bond acceptors (Lipinski definition) is 11. The molecule has 3 atom stereocenters. The number of rotatable bonds is 44. The lowest BCUT2D eigenvalue weighted by molar-refractivity contribution is -0.128. The number of unbranched alkanes of at least 4 members (excludes halogenated alkanes) is 17. The normalized spacial score (nSPS) is 13.2. The van der Waals surface area contributed by atoms with Crippen molar-refractivity contribution in [1.29, 1.82) is 0 Å². The van der Waals surface area contributed by atoms with E-state index in [4.69, 9.17) is 23.7 Å². The van der Waals surface area contributed by atoms with Crippen LogP contribution in [-0.2, 0) is 37.8 Å². The summed E-state index contributed by atoms with van der Waals surface area (Å²) in [4.78, 5) is 60.8. The molecule has 360 valence electrons. The molecule has 17 heteroatoms. The zero-order chi connectivity index (χ0) is 45.1. The molecule has 0 aliphatic carbocycles. The van der Waals surface area contributed by atoms with Crippen molar-refractivity contribution in [3.8, 4) is 0 Å². The number of amides is 4. The van der Waals surface area contributed by atoms with Crippen molar-refractivity contribution in [3.63, 3.8) is 0 Å². The average molecular weight is 911 g/mol. The molecule has 0 heterocycles. The van der Waals surface area contributed by atoms with Crippen LogP contribution < -0.4 is 21.3 Å². The Morgan fingerprint density at radius 2 is 1.05 bits per heavy atom. The van der Waals surface area contributed by atoms with Gasteiger partial charge in [-0.15, -0.1) is 0 Å². The molecule has 0 aromatic heterocycles. The monoisotopic (exact) mass is 911 g/mol. The zero-order valence-corrected chi connectivity index (χ0v) is 40.3. The highest BCUT2D eigenvalue weighted by atomic mass is 32.2. The molecular formula is C44H87N4O11PS. The second-order valence-corrected chi connectivity index (χ2v) is 19.4. The van der Waals surface area contributed by atoms with Crippen molar-refractivity contribution in [1.82, 2.24) is 21.3 Å². The molecule has 0 aliphatic rings. The van der Waals surface area contributed by atoms with E-state index < -0.39 is 31.7 Å². The maximum absolute atomic E-state index is 13.3. The molecule has 0 radical (unpaired) electrons. The molecule has 0 saturated heterocycles. The highest BCUT2D eigenvalue weighted by Crippen LogP contribution is 2.34. The summed E-state index contributed by atoms with van der Waals surface area (Å²) in [6.07, 6.45) is 20.7. The van der Waals surface area contributed by atoms with Crippen LogP contribution in [0.3, 0.4) is 0 Å². The minimum Gasteiger partial charge on any atom is -0.446 e. The Morgan fingerprint density at radius 1 is 0.574 bits per heavy atom. The van der Waals surface area contributed by atoms with Gasteiger partial charge in [0.1, 0.15) is 18.8 Å². The minimum atomic E-state index is -3.08. The fourth-order valence-corrected chi connectivity index (χ4v) is 7.55. The number of carbonyl (C=O) groups is 4. The van der Waals surface area contributed by atoms with Gasteiger partial charge >= 0.3 is 12.2 Å². The average Bonchev–Trinajstić information content (AvgIpc) is 3.22. The fraction of sp³-hybridized carbons (Fsp3) is 0.909. The number of nitrogens with one attached hydrogen (secondary N) is 4. The van der Waals surface area contributed by atoms with Crippen molar-refractivity contribution in [2.45, 2.75) is 168 Å². The molecule has 0 fully saturated rings. The van der Waals surface area contributed by atoms with Gasteiger partial charge in [-0.3, -0.25) is 14.2 Å². The Balaban J connectivity index is 5.05. The van der Waals surface area contributed by atoms with Crippen molar-refractivity contribution in [2.75, 3.05) is 90.2 Å². The molecule has 0 rings (SSSR count). The maximum atomic E-state index is 13.3. The Kier molecular flexibility index (Phi) is 41.7. The number of alkyl carbamates (subject to hydrolysis) is 2. The SMILES string of the molecule is CCCCCCCCCCNC(=O)OC[C@H](CSC[C@H](NC(=O)CCCCCC)C(=O)NCCOCCOCCOCCP(C)(=O)O)OC(=O)NCCCCCCCCCC. The third-order valence-corrected chi connectivity index (χ3v) is 11.9. The molecule has 15 nitrogen and oxygen atoms in total. The molecule has 0 aromatic rings. The number of hydrogen-bond donors (Lipinski definition) is 5. The van der Waals surface area contributed by atoms with Crippen LogP contribution in [0.4, 0.5) is 9.59 Å². The fourth-order valence-electron chi connectivity index (χ4n) is 6.05. The van der Waals surface area contributed by atoms with Crippen molar-refractivity contribution >= 4 is 43.1 Å². The summed E-state index contributed by atoms with van der Waals surface area (Å²) < 4.78 is 38.8. The van der Waals surface area contributed by atoms with Crippen LogP contribution in [0, 0.1) is 0 Å². The Bertz CT molecular complexity index is 1120. The molecule has 0 bridgehead atoms. The van der Waals surface area contributed by atoms with E-state index in [0.717, 1.165) is 64.2 Å². The van der Waals surface area contributed by atoms with E-state index in [-0.39, 0.29) is 55.8 Å². The topological polar surface area (TPSA) is 200 Å². The van der Waals surface area contributed by atoms with Gasteiger partial charge in [-0.05, 0) is 19.3 Å². The van der Waals surface area contributed by atoms with Gasteiger partial charge in [0.2, 0.25) is 11.8 Å². The first kappa shape index (κ1) is 58.9. The van der Waals surface area contributed by atoms with Gasteiger partial charge in [0.25, 0.3) is 0 Å². The summed E-state index contributed by atoms with van der Waals surface area (Å²) in [5, 5.41) is 11.3. The first-order valence-corrected chi connectivity index (χ1v) is 27.0. The second kappa shape index (κ2) is 43.2. The summed E-state index contributed by atoms with van der Waals surface area (Å²) >= 11 is 1.33. The summed E-state index contributed by atoms with van der Waals surface area (Å²) in [5.41, 5.74) is 0. The van der Waals surface area contributed by atoms with E-state index in [1.165, 1.54) is 82.6 Å². The third kappa shape index (κ3) is 43.0. The van der Waals surface area contributed by atoms with E-state index in [9.17, 15) is 28.6 Å². The van der Waals surface area contributed by atoms with E-state index in [1.807, 2.05) is 0 Å². The molecular weight excluding hydrogens is 824 g/mol. The van der Waals surface area contributed by atoms with Gasteiger partial charge in [0.15, 0.2) is 7.37 Å². The van der Waals surface area contributed by atoms with Gasteiger partial charge in [-0.2, -0.15) is 11.8 Å². The highest BCUT2D eigenvalue weighted by molar-refractivity contribution is 7.99. The van der Waals surface area contributed by atoms with Gasteiger partial charge in [-0.1, -0.05) is 130 Å². The lowest BCUT2D eigenvalue weighted by Crippen LogP contribution is -2.49. The summed E-state index contributed by atoms with van der Waals surface area (Å²) in [5.74, 6) is -0.120. The smallest absolute Gasteiger partial charge is 0.407 e. The Hall–Kier alpha value is -2.10. The number of ether oxygens (including phenoxy) is 5. The van der Waals surface area contributed by atoms with E-state index in [1.54, 1.807) is 0 Å². The minimum absolute atomic E-state index is 0.103.